The first-order valence-electron chi connectivity index (χ1n) is 5.61. The predicted octanol–water partition coefficient (Wildman–Crippen LogP) is 3.56. The predicted molar refractivity (Wildman–Crippen MR) is 61.9 cm³/mol. The molecule has 1 heteroatoms. The molecule has 1 aliphatic heterocycles. The van der Waals surface area contributed by atoms with E-state index in [0.29, 0.717) is 12.0 Å². The molecule has 1 aliphatic rings. The van der Waals surface area contributed by atoms with Gasteiger partial charge in [-0.3, -0.25) is 0 Å². The molecule has 2 rings (SSSR count). The summed E-state index contributed by atoms with van der Waals surface area (Å²) in [4.78, 5) is 0. The van der Waals surface area contributed by atoms with Crippen molar-refractivity contribution in [3.05, 3.63) is 29.3 Å². The Bertz CT molecular complexity index is 330. The molecule has 0 aromatic heterocycles. The number of hydrogen-bond acceptors (Lipinski definition) is 1. The van der Waals surface area contributed by atoms with Crippen LogP contribution in [-0.4, -0.2) is 6.04 Å². The van der Waals surface area contributed by atoms with Crippen LogP contribution in [0.2, 0.25) is 0 Å². The molecule has 1 aromatic carbocycles. The van der Waals surface area contributed by atoms with Crippen LogP contribution in [0.5, 0.6) is 0 Å². The number of nitrogens with one attached hydrogen (secondary N) is 1. The Morgan fingerprint density at radius 1 is 1.29 bits per heavy atom. The smallest absolute Gasteiger partial charge is 0.0381 e. The van der Waals surface area contributed by atoms with E-state index in [4.69, 9.17) is 0 Å². The van der Waals surface area contributed by atoms with E-state index in [0.717, 1.165) is 0 Å². The molecule has 0 unspecified atom stereocenters. The molecule has 76 valence electrons. The second kappa shape index (κ2) is 3.64. The molecule has 0 saturated carbocycles. The van der Waals surface area contributed by atoms with Crippen LogP contribution in [0.4, 0.5) is 5.69 Å². The number of fused-ring (bicyclic) bond motifs is 1. The Morgan fingerprint density at radius 2 is 2.07 bits per heavy atom. The van der Waals surface area contributed by atoms with Crippen molar-refractivity contribution >= 4 is 5.69 Å². The Kier molecular flexibility index (Phi) is 2.49. The maximum Gasteiger partial charge on any atom is 0.0381 e. The fourth-order valence-electron chi connectivity index (χ4n) is 2.21. The van der Waals surface area contributed by atoms with Gasteiger partial charge in [0.05, 0.1) is 0 Å². The topological polar surface area (TPSA) is 12.0 Å². The third-order valence-electron chi connectivity index (χ3n) is 3.28. The van der Waals surface area contributed by atoms with Gasteiger partial charge in [-0.1, -0.05) is 32.4 Å². The third-order valence-corrected chi connectivity index (χ3v) is 3.28. The van der Waals surface area contributed by atoms with Gasteiger partial charge in [-0.25, -0.2) is 0 Å². The normalized spacial score (nSPS) is 24.5. The van der Waals surface area contributed by atoms with E-state index in [1.165, 1.54) is 29.7 Å². The van der Waals surface area contributed by atoms with Gasteiger partial charge in [0.1, 0.15) is 0 Å². The summed E-state index contributed by atoms with van der Waals surface area (Å²) < 4.78 is 0. The number of anilines is 1. The van der Waals surface area contributed by atoms with Gasteiger partial charge in [0, 0.05) is 17.6 Å². The maximum atomic E-state index is 3.55. The van der Waals surface area contributed by atoms with E-state index in [-0.39, 0.29) is 0 Å². The van der Waals surface area contributed by atoms with Crippen LogP contribution in [0.15, 0.2) is 18.2 Å². The highest BCUT2D eigenvalue weighted by molar-refractivity contribution is 5.60. The minimum absolute atomic E-state index is 0.585. The van der Waals surface area contributed by atoms with E-state index in [9.17, 15) is 0 Å². The molecular formula is C13H19N. The van der Waals surface area contributed by atoms with Gasteiger partial charge in [-0.05, 0) is 30.5 Å². The molecule has 14 heavy (non-hydrogen) atoms. The van der Waals surface area contributed by atoms with Gasteiger partial charge >= 0.3 is 0 Å². The lowest BCUT2D eigenvalue weighted by molar-refractivity contribution is 0.690. The van der Waals surface area contributed by atoms with E-state index in [1.54, 1.807) is 0 Å². The summed E-state index contributed by atoms with van der Waals surface area (Å²) in [5, 5.41) is 3.55. The SMILES string of the molecule is CCCc1ccc2c(c1)N[C@H](C)[C@@H]2C. The first-order valence-corrected chi connectivity index (χ1v) is 5.61. The van der Waals surface area contributed by atoms with Gasteiger partial charge in [0.15, 0.2) is 0 Å². The molecule has 1 heterocycles. The van der Waals surface area contributed by atoms with Crippen molar-refractivity contribution < 1.29 is 0 Å². The van der Waals surface area contributed by atoms with Crippen LogP contribution in [0.25, 0.3) is 0 Å². The van der Waals surface area contributed by atoms with Crippen LogP contribution >= 0.6 is 0 Å². The first kappa shape index (κ1) is 9.57. The fraction of sp³-hybridized carbons (Fsp3) is 0.538. The minimum atomic E-state index is 0.585. The molecule has 0 amide bonds. The van der Waals surface area contributed by atoms with E-state index >= 15 is 0 Å². The van der Waals surface area contributed by atoms with Crippen molar-refractivity contribution in [3.63, 3.8) is 0 Å². The van der Waals surface area contributed by atoms with Gasteiger partial charge in [0.2, 0.25) is 0 Å². The van der Waals surface area contributed by atoms with E-state index in [2.05, 4.69) is 44.3 Å². The van der Waals surface area contributed by atoms with Crippen molar-refractivity contribution in [1.29, 1.82) is 0 Å². The quantitative estimate of drug-likeness (QED) is 0.750. The molecule has 1 N–H and O–H groups in total. The van der Waals surface area contributed by atoms with Crippen molar-refractivity contribution in [2.75, 3.05) is 5.32 Å². The van der Waals surface area contributed by atoms with Gasteiger partial charge in [0.25, 0.3) is 0 Å². The van der Waals surface area contributed by atoms with Crippen molar-refractivity contribution in [2.24, 2.45) is 0 Å². The molecule has 0 fully saturated rings. The van der Waals surface area contributed by atoms with Crippen LogP contribution in [0.3, 0.4) is 0 Å². The molecule has 2 atom stereocenters. The Morgan fingerprint density at radius 3 is 2.79 bits per heavy atom. The maximum absolute atomic E-state index is 3.55. The average molecular weight is 189 g/mol. The monoisotopic (exact) mass is 189 g/mol. The molecule has 1 aromatic rings. The third kappa shape index (κ3) is 1.52. The zero-order valence-electron chi connectivity index (χ0n) is 9.30. The van der Waals surface area contributed by atoms with Crippen LogP contribution < -0.4 is 5.32 Å². The summed E-state index contributed by atoms with van der Waals surface area (Å²) in [6.45, 7) is 6.78. The van der Waals surface area contributed by atoms with Crippen LogP contribution in [0.1, 0.15) is 44.2 Å². The standard InChI is InChI=1S/C13H19N/c1-4-5-11-6-7-12-9(2)10(3)14-13(12)8-11/h6-10,14H,4-5H2,1-3H3/t9-,10+/m0/s1. The summed E-state index contributed by atoms with van der Waals surface area (Å²) in [6, 6.07) is 7.47. The van der Waals surface area contributed by atoms with Crippen molar-refractivity contribution in [1.82, 2.24) is 0 Å². The summed E-state index contributed by atoms with van der Waals surface area (Å²) in [7, 11) is 0. The van der Waals surface area contributed by atoms with E-state index in [1.807, 2.05) is 0 Å². The highest BCUT2D eigenvalue weighted by Gasteiger charge is 2.24. The number of hydrogen-bond donors (Lipinski definition) is 1. The summed E-state index contributed by atoms with van der Waals surface area (Å²) in [5.41, 5.74) is 4.30. The largest absolute Gasteiger partial charge is 0.382 e. The zero-order valence-corrected chi connectivity index (χ0v) is 9.30. The lowest BCUT2D eigenvalue weighted by atomic mass is 9.97. The fourth-order valence-corrected chi connectivity index (χ4v) is 2.21. The first-order chi connectivity index (χ1) is 6.72. The summed E-state index contributed by atoms with van der Waals surface area (Å²) in [6.07, 6.45) is 2.42. The molecule has 1 nitrogen and oxygen atoms in total. The Labute approximate surface area is 86.5 Å². The number of aryl methyl sites for hydroxylation is 1. The van der Waals surface area contributed by atoms with Crippen molar-refractivity contribution in [2.45, 2.75) is 45.6 Å². The zero-order chi connectivity index (χ0) is 10.1. The molecule has 0 aliphatic carbocycles. The lowest BCUT2D eigenvalue weighted by Crippen LogP contribution is -2.12. The summed E-state index contributed by atoms with van der Waals surface area (Å²) in [5.74, 6) is 0.653. The molecule has 0 bridgehead atoms. The number of rotatable bonds is 2. The second-order valence-electron chi connectivity index (χ2n) is 4.39. The molecular weight excluding hydrogens is 170 g/mol. The molecule has 0 saturated heterocycles. The average Bonchev–Trinajstić information content (AvgIpc) is 2.43. The van der Waals surface area contributed by atoms with Gasteiger partial charge in [-0.2, -0.15) is 0 Å². The molecule has 0 radical (unpaired) electrons. The van der Waals surface area contributed by atoms with Crippen molar-refractivity contribution in [3.8, 4) is 0 Å². The van der Waals surface area contributed by atoms with Gasteiger partial charge < -0.3 is 5.32 Å². The summed E-state index contributed by atoms with van der Waals surface area (Å²) >= 11 is 0. The Balaban J connectivity index is 2.30. The second-order valence-corrected chi connectivity index (χ2v) is 4.39. The van der Waals surface area contributed by atoms with Crippen LogP contribution in [-0.2, 0) is 6.42 Å². The molecule has 0 spiro atoms. The number of benzene rings is 1. The highest BCUT2D eigenvalue weighted by Crippen LogP contribution is 2.35. The van der Waals surface area contributed by atoms with Crippen LogP contribution in [0, 0.1) is 0 Å². The van der Waals surface area contributed by atoms with E-state index < -0.39 is 0 Å². The highest BCUT2D eigenvalue weighted by atomic mass is 15.0. The van der Waals surface area contributed by atoms with Gasteiger partial charge in [-0.15, -0.1) is 0 Å². The lowest BCUT2D eigenvalue weighted by Gasteiger charge is -2.08. The minimum Gasteiger partial charge on any atom is -0.382 e. The Hall–Kier alpha value is -0.980.